The van der Waals surface area contributed by atoms with E-state index < -0.39 is 14.5 Å². The molecule has 0 amide bonds. The third kappa shape index (κ3) is 46.2. The van der Waals surface area contributed by atoms with E-state index in [4.69, 9.17) is 16.0 Å². The summed E-state index contributed by atoms with van der Waals surface area (Å²) in [7, 11) is 0. The normalized spacial score (nSPS) is 9.83. The first kappa shape index (κ1) is 10.6. The van der Waals surface area contributed by atoms with Crippen LogP contribution in [0.15, 0.2) is 0 Å². The van der Waals surface area contributed by atoms with Gasteiger partial charge in [-0.15, -0.1) is 0 Å². The van der Waals surface area contributed by atoms with Gasteiger partial charge in [0.05, 0.1) is 0 Å². The van der Waals surface area contributed by atoms with E-state index in [-0.39, 0.29) is 41.3 Å². The first-order valence-electron chi connectivity index (χ1n) is 0.730. The third-order valence-electron chi connectivity index (χ3n) is 0. The van der Waals surface area contributed by atoms with Crippen molar-refractivity contribution >= 4 is 14.5 Å². The van der Waals surface area contributed by atoms with Gasteiger partial charge in [-0.3, -0.25) is 0 Å². The van der Waals surface area contributed by atoms with Crippen LogP contribution in [0.5, 0.6) is 0 Å². The Bertz CT molecular complexity index is 53.7. The van der Waals surface area contributed by atoms with E-state index in [1.165, 1.54) is 0 Å². The van der Waals surface area contributed by atoms with Crippen molar-refractivity contribution in [1.82, 2.24) is 0 Å². The molecule has 32 valence electrons. The molecule has 0 aromatic carbocycles. The Labute approximate surface area is 70.9 Å². The average molecular weight is 280 g/mol. The molecule has 0 aliphatic carbocycles. The van der Waals surface area contributed by atoms with Crippen LogP contribution >= 0.6 is 0 Å². The summed E-state index contributed by atoms with van der Waals surface area (Å²) in [5.41, 5.74) is 0. The quantitative estimate of drug-likeness (QED) is 0.422. The molecule has 0 aromatic rings. The van der Waals surface area contributed by atoms with Crippen LogP contribution in [0.3, 0.4) is 0 Å². The van der Waals surface area contributed by atoms with Crippen LogP contribution in [0, 0.1) is 41.3 Å². The molecule has 4 nitrogen and oxygen atoms in total. The Hall–Kier alpha value is 1.60. The van der Waals surface area contributed by atoms with Crippen molar-refractivity contribution in [2.75, 3.05) is 0 Å². The molecule has 0 radical (unpaired) electrons. The molecule has 0 aliphatic heterocycles. The summed E-state index contributed by atoms with van der Waals surface area (Å²) in [5.74, 6) is 0. The van der Waals surface area contributed by atoms with E-state index in [1.54, 1.807) is 0 Å². The van der Waals surface area contributed by atoms with Gasteiger partial charge in [0.2, 0.25) is 0 Å². The van der Waals surface area contributed by atoms with Gasteiger partial charge in [0.25, 0.3) is 0 Å². The SMILES string of the molecule is O=[As]([O-])([O-])[O-].[Pr+3]. The van der Waals surface area contributed by atoms with Crippen LogP contribution < -0.4 is 12.3 Å². The smallest absolute Gasteiger partial charge is 3.00 e. The molecule has 0 aromatic heterocycles. The van der Waals surface area contributed by atoms with Crippen molar-refractivity contribution < 1.29 is 57.3 Å². The second-order valence-corrected chi connectivity index (χ2v) is 2.32. The Morgan fingerprint density at radius 1 is 1.17 bits per heavy atom. The molecule has 0 unspecified atom stereocenters. The van der Waals surface area contributed by atoms with Crippen LogP contribution in [-0.4, -0.2) is 14.5 Å². The van der Waals surface area contributed by atoms with Gasteiger partial charge in [0.1, 0.15) is 0 Å². The summed E-state index contributed by atoms with van der Waals surface area (Å²) >= 11 is -5.88. The molecule has 0 heterocycles. The van der Waals surface area contributed by atoms with Crippen LogP contribution in [-0.2, 0) is 3.74 Å². The summed E-state index contributed by atoms with van der Waals surface area (Å²) in [6.07, 6.45) is 0. The third-order valence-corrected chi connectivity index (χ3v) is 0. The Morgan fingerprint density at radius 2 is 1.17 bits per heavy atom. The van der Waals surface area contributed by atoms with Crippen molar-refractivity contribution in [2.24, 2.45) is 0 Å². The number of hydrogen-bond acceptors (Lipinski definition) is 4. The molecule has 0 bridgehead atoms. The average Bonchev–Trinajstić information content (AvgIpc) is 0.722. The predicted molar refractivity (Wildman–Crippen MR) is 6.44 cm³/mol. The van der Waals surface area contributed by atoms with Gasteiger partial charge in [-0.2, -0.15) is 0 Å². The molecule has 0 aliphatic rings. The van der Waals surface area contributed by atoms with Crippen molar-refractivity contribution in [3.8, 4) is 0 Å². The van der Waals surface area contributed by atoms with Crippen molar-refractivity contribution in [2.45, 2.75) is 0 Å². The fourth-order valence-corrected chi connectivity index (χ4v) is 0. The summed E-state index contributed by atoms with van der Waals surface area (Å²) in [5, 5.41) is 0. The predicted octanol–water partition coefficient (Wildman–Crippen LogP) is -4.07. The van der Waals surface area contributed by atoms with Crippen LogP contribution in [0.2, 0.25) is 0 Å². The van der Waals surface area contributed by atoms with Gasteiger partial charge in [-0.05, 0) is 0 Å². The molecule has 0 saturated carbocycles. The molecule has 0 rings (SSSR count). The monoisotopic (exact) mass is 280 g/mol. The first-order valence-corrected chi connectivity index (χ1v) is 3.79. The van der Waals surface area contributed by atoms with Crippen molar-refractivity contribution in [3.63, 3.8) is 0 Å². The molecule has 0 fully saturated rings. The maximum absolute atomic E-state index is 8.61. The van der Waals surface area contributed by atoms with Gasteiger partial charge < -0.3 is 0 Å². The van der Waals surface area contributed by atoms with Gasteiger partial charge in [-0.1, -0.05) is 0 Å². The van der Waals surface area contributed by atoms with Gasteiger partial charge in [-0.25, -0.2) is 0 Å². The molecule has 0 spiro atoms. The van der Waals surface area contributed by atoms with Crippen molar-refractivity contribution in [1.29, 1.82) is 0 Å². The summed E-state index contributed by atoms with van der Waals surface area (Å²) in [6.45, 7) is 0. The standard InChI is InChI=1S/AsH3O4.Pr/c2-1(3,4)5;/h(H3,2,3,4,5);/q;+3/p-3. The van der Waals surface area contributed by atoms with Crippen molar-refractivity contribution in [3.05, 3.63) is 0 Å². The molecular weight excluding hydrogens is 280 g/mol. The second kappa shape index (κ2) is 3.59. The van der Waals surface area contributed by atoms with Gasteiger partial charge >= 0.3 is 71.8 Å². The van der Waals surface area contributed by atoms with Crippen LogP contribution in [0.4, 0.5) is 0 Å². The number of hydrogen-bond donors (Lipinski definition) is 0. The van der Waals surface area contributed by atoms with Crippen LogP contribution in [0.1, 0.15) is 0 Å². The molecule has 6 heavy (non-hydrogen) atoms. The fourth-order valence-electron chi connectivity index (χ4n) is 0. The maximum Gasteiger partial charge on any atom is 3.00 e. The Kier molecular flexibility index (Phi) is 6.31. The van der Waals surface area contributed by atoms with E-state index in [9.17, 15) is 0 Å². The van der Waals surface area contributed by atoms with Gasteiger partial charge in [0, 0.05) is 0 Å². The molecule has 0 N–H and O–H groups in total. The molecular formula is AsO4Pr. The minimum atomic E-state index is -5.88. The van der Waals surface area contributed by atoms with Gasteiger partial charge in [0.15, 0.2) is 0 Å². The largest absolute Gasteiger partial charge is 3.00 e. The maximum atomic E-state index is 8.61. The number of rotatable bonds is 0. The van der Waals surface area contributed by atoms with E-state index >= 15 is 0 Å². The molecule has 0 atom stereocenters. The minimum Gasteiger partial charge on any atom is 3.00 e. The van der Waals surface area contributed by atoms with E-state index in [0.29, 0.717) is 0 Å². The zero-order valence-electron chi connectivity index (χ0n) is 2.66. The zero-order chi connectivity index (χ0) is 4.50. The first-order chi connectivity index (χ1) is 2.00. The van der Waals surface area contributed by atoms with E-state index in [2.05, 4.69) is 0 Å². The molecule has 6 heteroatoms. The minimum absolute atomic E-state index is 0. The van der Waals surface area contributed by atoms with E-state index in [1.807, 2.05) is 0 Å². The van der Waals surface area contributed by atoms with E-state index in [0.717, 1.165) is 0 Å². The topological polar surface area (TPSA) is 86.2 Å². The summed E-state index contributed by atoms with van der Waals surface area (Å²) in [6, 6.07) is 0. The zero-order valence-corrected chi connectivity index (χ0v) is 8.24. The Balaban J connectivity index is 0. The van der Waals surface area contributed by atoms with Crippen LogP contribution in [0.25, 0.3) is 0 Å². The summed E-state index contributed by atoms with van der Waals surface area (Å²) in [4.78, 5) is 0. The molecule has 0 saturated heterocycles. The fraction of sp³-hybridized carbons (Fsp3) is 0. The second-order valence-electron chi connectivity index (χ2n) is 0.447. The summed E-state index contributed by atoms with van der Waals surface area (Å²) < 4.78 is 34.4. The Morgan fingerprint density at radius 3 is 1.17 bits per heavy atom.